The molecule has 0 amide bonds. The molecule has 17 heavy (non-hydrogen) atoms. The van der Waals surface area contributed by atoms with Gasteiger partial charge in [0, 0.05) is 11.4 Å². The lowest BCUT2D eigenvalue weighted by Crippen LogP contribution is -2.17. The van der Waals surface area contributed by atoms with Crippen LogP contribution in [0.3, 0.4) is 0 Å². The number of aromatic nitrogens is 1. The third-order valence-electron chi connectivity index (χ3n) is 2.15. The van der Waals surface area contributed by atoms with Crippen molar-refractivity contribution in [2.24, 2.45) is 0 Å². The van der Waals surface area contributed by atoms with Crippen LogP contribution in [0.2, 0.25) is 0 Å². The normalized spacial score (nSPS) is 9.76. The van der Waals surface area contributed by atoms with Gasteiger partial charge in [-0.2, -0.15) is 0 Å². The summed E-state index contributed by atoms with van der Waals surface area (Å²) in [6.45, 7) is 7.19. The molecular weight excluding hydrogens is 218 g/mol. The number of hydrogen-bond donors (Lipinski definition) is 0. The summed E-state index contributed by atoms with van der Waals surface area (Å²) in [5.41, 5.74) is 1.33. The summed E-state index contributed by atoms with van der Waals surface area (Å²) in [5, 5.41) is 0. The monoisotopic (exact) mass is 233 g/mol. The first-order chi connectivity index (χ1) is 8.04. The van der Waals surface area contributed by atoms with Crippen molar-refractivity contribution in [2.45, 2.75) is 20.3 Å². The number of aryl methyl sites for hydroxylation is 1. The molecule has 0 aliphatic heterocycles. The molecule has 0 saturated carbocycles. The predicted molar refractivity (Wildman–Crippen MR) is 63.5 cm³/mol. The minimum absolute atomic E-state index is 0.0688. The number of carbonyl (C=O) groups excluding carboxylic acids is 2. The van der Waals surface area contributed by atoms with E-state index in [-0.39, 0.29) is 24.4 Å². The van der Waals surface area contributed by atoms with Crippen molar-refractivity contribution in [1.82, 2.24) is 4.98 Å². The van der Waals surface area contributed by atoms with E-state index < -0.39 is 5.97 Å². The van der Waals surface area contributed by atoms with E-state index in [1.54, 1.807) is 13.0 Å². The molecular formula is C13H15NO3. The number of Topliss-reactive ketones (excluding diaryl/α,β-unsaturated/α-hetero) is 1. The molecule has 0 N–H and O–H groups in total. The van der Waals surface area contributed by atoms with Crippen molar-refractivity contribution >= 4 is 11.8 Å². The van der Waals surface area contributed by atoms with Gasteiger partial charge in [-0.25, -0.2) is 4.79 Å². The van der Waals surface area contributed by atoms with E-state index in [4.69, 9.17) is 4.74 Å². The van der Waals surface area contributed by atoms with Crippen LogP contribution < -0.4 is 0 Å². The van der Waals surface area contributed by atoms with Crippen molar-refractivity contribution < 1.29 is 14.3 Å². The fraction of sp³-hybridized carbons (Fsp3) is 0.308. The maximum atomic E-state index is 11.7. The summed E-state index contributed by atoms with van der Waals surface area (Å²) < 4.78 is 4.71. The molecule has 0 fully saturated rings. The van der Waals surface area contributed by atoms with Gasteiger partial charge in [-0.05, 0) is 26.0 Å². The summed E-state index contributed by atoms with van der Waals surface area (Å²) in [6, 6.07) is 5.40. The van der Waals surface area contributed by atoms with Gasteiger partial charge in [0.05, 0.1) is 18.6 Å². The first kappa shape index (κ1) is 13.1. The standard InChI is InChI=1S/C13H15NO3/c1-4-17-13(16)10(3)12(15)8-11-7-5-6-9(2)14-11/h5-7H,3-4,8H2,1-2H3. The average Bonchev–Trinajstić information content (AvgIpc) is 2.28. The van der Waals surface area contributed by atoms with Crippen LogP contribution in [0.25, 0.3) is 0 Å². The van der Waals surface area contributed by atoms with Crippen LogP contribution in [0.15, 0.2) is 30.4 Å². The highest BCUT2D eigenvalue weighted by Gasteiger charge is 2.17. The van der Waals surface area contributed by atoms with Gasteiger partial charge in [0.25, 0.3) is 0 Å². The first-order valence-electron chi connectivity index (χ1n) is 5.36. The Hall–Kier alpha value is -1.97. The molecule has 0 radical (unpaired) electrons. The molecule has 1 rings (SSSR count). The Morgan fingerprint density at radius 3 is 2.71 bits per heavy atom. The van der Waals surface area contributed by atoms with E-state index in [0.29, 0.717) is 5.69 Å². The van der Waals surface area contributed by atoms with Gasteiger partial charge in [0.15, 0.2) is 5.78 Å². The second-order valence-electron chi connectivity index (χ2n) is 3.57. The van der Waals surface area contributed by atoms with E-state index in [1.165, 1.54) is 0 Å². The van der Waals surface area contributed by atoms with Crippen LogP contribution in [0.1, 0.15) is 18.3 Å². The molecule has 0 bridgehead atoms. The number of pyridine rings is 1. The zero-order valence-electron chi connectivity index (χ0n) is 10.0. The number of ether oxygens (including phenoxy) is 1. The molecule has 0 unspecified atom stereocenters. The molecule has 4 nitrogen and oxygen atoms in total. The summed E-state index contributed by atoms with van der Waals surface area (Å²) in [6.07, 6.45) is 0.0688. The Morgan fingerprint density at radius 2 is 2.12 bits per heavy atom. The molecule has 0 aromatic carbocycles. The van der Waals surface area contributed by atoms with E-state index in [2.05, 4.69) is 11.6 Å². The second kappa shape index (κ2) is 5.94. The van der Waals surface area contributed by atoms with Gasteiger partial charge in [-0.1, -0.05) is 12.6 Å². The highest BCUT2D eigenvalue weighted by molar-refractivity contribution is 6.17. The first-order valence-corrected chi connectivity index (χ1v) is 5.36. The summed E-state index contributed by atoms with van der Waals surface area (Å²) in [4.78, 5) is 27.2. The Kier molecular flexibility index (Phi) is 4.57. The number of carbonyl (C=O) groups is 2. The Labute approximate surface area is 100 Å². The Morgan fingerprint density at radius 1 is 1.41 bits per heavy atom. The Bertz CT molecular complexity index is 452. The van der Waals surface area contributed by atoms with Crippen LogP contribution in [0.4, 0.5) is 0 Å². The van der Waals surface area contributed by atoms with E-state index in [9.17, 15) is 9.59 Å². The minimum Gasteiger partial charge on any atom is -0.462 e. The number of hydrogen-bond acceptors (Lipinski definition) is 4. The predicted octanol–water partition coefficient (Wildman–Crippen LogP) is 1.62. The number of nitrogens with zero attached hydrogens (tertiary/aromatic N) is 1. The van der Waals surface area contributed by atoms with Crippen LogP contribution >= 0.6 is 0 Å². The van der Waals surface area contributed by atoms with Gasteiger partial charge in [0.2, 0.25) is 0 Å². The lowest BCUT2D eigenvalue weighted by molar-refractivity contribution is -0.139. The molecule has 0 atom stereocenters. The highest BCUT2D eigenvalue weighted by atomic mass is 16.5. The molecule has 0 aliphatic rings. The summed E-state index contributed by atoms with van der Waals surface area (Å²) in [7, 11) is 0. The fourth-order valence-corrected chi connectivity index (χ4v) is 1.30. The zero-order chi connectivity index (χ0) is 12.8. The third-order valence-corrected chi connectivity index (χ3v) is 2.15. The molecule has 4 heteroatoms. The van der Waals surface area contributed by atoms with Gasteiger partial charge in [0.1, 0.15) is 0 Å². The smallest absolute Gasteiger partial charge is 0.341 e. The lowest BCUT2D eigenvalue weighted by atomic mass is 10.1. The fourth-order valence-electron chi connectivity index (χ4n) is 1.30. The van der Waals surface area contributed by atoms with Crippen LogP contribution in [0.5, 0.6) is 0 Å². The van der Waals surface area contributed by atoms with E-state index in [0.717, 1.165) is 5.69 Å². The summed E-state index contributed by atoms with van der Waals surface area (Å²) in [5.74, 6) is -1.02. The maximum Gasteiger partial charge on any atom is 0.341 e. The van der Waals surface area contributed by atoms with Gasteiger partial charge in [-0.3, -0.25) is 9.78 Å². The van der Waals surface area contributed by atoms with Crippen LogP contribution in [0, 0.1) is 6.92 Å². The second-order valence-corrected chi connectivity index (χ2v) is 3.57. The van der Waals surface area contributed by atoms with Crippen molar-refractivity contribution in [1.29, 1.82) is 0 Å². The van der Waals surface area contributed by atoms with Crippen molar-refractivity contribution in [3.05, 3.63) is 41.7 Å². The molecule has 0 aliphatic carbocycles. The average molecular weight is 233 g/mol. The quantitative estimate of drug-likeness (QED) is 0.335. The van der Waals surface area contributed by atoms with Gasteiger partial charge >= 0.3 is 5.97 Å². The minimum atomic E-state index is -0.662. The van der Waals surface area contributed by atoms with Gasteiger partial charge < -0.3 is 4.74 Å². The maximum absolute atomic E-state index is 11.7. The summed E-state index contributed by atoms with van der Waals surface area (Å²) >= 11 is 0. The third kappa shape index (κ3) is 3.83. The number of rotatable bonds is 5. The zero-order valence-corrected chi connectivity index (χ0v) is 10.0. The molecule has 0 saturated heterocycles. The molecule has 90 valence electrons. The topological polar surface area (TPSA) is 56.3 Å². The highest BCUT2D eigenvalue weighted by Crippen LogP contribution is 2.05. The van der Waals surface area contributed by atoms with Crippen LogP contribution in [-0.4, -0.2) is 23.3 Å². The molecule has 0 spiro atoms. The largest absolute Gasteiger partial charge is 0.462 e. The Balaban J connectivity index is 2.66. The molecule has 1 heterocycles. The number of esters is 1. The number of ketones is 1. The van der Waals surface area contributed by atoms with Crippen molar-refractivity contribution in [3.63, 3.8) is 0 Å². The molecule has 1 aromatic heterocycles. The van der Waals surface area contributed by atoms with Crippen molar-refractivity contribution in [3.8, 4) is 0 Å². The molecule has 1 aromatic rings. The van der Waals surface area contributed by atoms with Gasteiger partial charge in [-0.15, -0.1) is 0 Å². The van der Waals surface area contributed by atoms with E-state index >= 15 is 0 Å². The van der Waals surface area contributed by atoms with Crippen LogP contribution in [-0.2, 0) is 20.7 Å². The van der Waals surface area contributed by atoms with Crippen molar-refractivity contribution in [2.75, 3.05) is 6.61 Å². The van der Waals surface area contributed by atoms with E-state index in [1.807, 2.05) is 19.1 Å². The SMILES string of the molecule is C=C(C(=O)Cc1cccc(C)n1)C(=O)OCC. The lowest BCUT2D eigenvalue weighted by Gasteiger charge is -2.04.